The fourth-order valence-electron chi connectivity index (χ4n) is 3.12. The standard InChI is InChI=1S/C20H24O3/c1-20(2)13-12-18(23-20)19(16-10-6-7-11-17(16)21)22-14-15-8-4-3-5-9-15/h3-11,18-19,21H,12-14H2,1-2H3/t18-,19-/m1/s1. The number of para-hydroxylation sites is 1. The summed E-state index contributed by atoms with van der Waals surface area (Å²) in [5, 5.41) is 10.2. The minimum Gasteiger partial charge on any atom is -0.508 e. The first kappa shape index (κ1) is 16.0. The van der Waals surface area contributed by atoms with Crippen molar-refractivity contribution in [1.29, 1.82) is 0 Å². The first-order chi connectivity index (χ1) is 11.1. The molecule has 1 heterocycles. The van der Waals surface area contributed by atoms with Gasteiger partial charge in [-0.25, -0.2) is 0 Å². The van der Waals surface area contributed by atoms with Gasteiger partial charge in [0.15, 0.2) is 0 Å². The SMILES string of the molecule is CC1(C)CC[C@H]([C@H](OCc2ccccc2)c2ccccc2O)O1. The predicted molar refractivity (Wildman–Crippen MR) is 90.3 cm³/mol. The van der Waals surface area contributed by atoms with Crippen LogP contribution in [-0.2, 0) is 16.1 Å². The normalized spacial score (nSPS) is 21.2. The molecule has 3 rings (SSSR count). The fraction of sp³-hybridized carbons (Fsp3) is 0.400. The lowest BCUT2D eigenvalue weighted by Gasteiger charge is -2.27. The molecule has 3 nitrogen and oxygen atoms in total. The van der Waals surface area contributed by atoms with Crippen LogP contribution >= 0.6 is 0 Å². The molecule has 0 amide bonds. The largest absolute Gasteiger partial charge is 0.508 e. The molecule has 2 atom stereocenters. The molecule has 1 fully saturated rings. The molecule has 1 aliphatic heterocycles. The third kappa shape index (κ3) is 3.92. The van der Waals surface area contributed by atoms with Gasteiger partial charge in [0.25, 0.3) is 0 Å². The van der Waals surface area contributed by atoms with Crippen LogP contribution in [0.25, 0.3) is 0 Å². The molecular weight excluding hydrogens is 288 g/mol. The molecule has 1 aliphatic rings. The Balaban J connectivity index is 1.81. The van der Waals surface area contributed by atoms with Gasteiger partial charge >= 0.3 is 0 Å². The highest BCUT2D eigenvalue weighted by Crippen LogP contribution is 2.40. The maximum Gasteiger partial charge on any atom is 0.121 e. The molecule has 0 radical (unpaired) electrons. The Morgan fingerprint density at radius 3 is 2.48 bits per heavy atom. The summed E-state index contributed by atoms with van der Waals surface area (Å²) in [6, 6.07) is 17.5. The van der Waals surface area contributed by atoms with E-state index in [-0.39, 0.29) is 23.6 Å². The zero-order valence-corrected chi connectivity index (χ0v) is 13.7. The average Bonchev–Trinajstić information content (AvgIpc) is 2.90. The van der Waals surface area contributed by atoms with Crippen molar-refractivity contribution in [3.8, 4) is 5.75 Å². The number of aromatic hydroxyl groups is 1. The van der Waals surface area contributed by atoms with Gasteiger partial charge in [-0.15, -0.1) is 0 Å². The van der Waals surface area contributed by atoms with Crippen LogP contribution in [0, 0.1) is 0 Å². The van der Waals surface area contributed by atoms with E-state index in [4.69, 9.17) is 9.47 Å². The van der Waals surface area contributed by atoms with Gasteiger partial charge in [-0.05, 0) is 38.3 Å². The molecule has 0 aromatic heterocycles. The first-order valence-corrected chi connectivity index (χ1v) is 8.16. The third-order valence-electron chi connectivity index (χ3n) is 4.35. The third-order valence-corrected chi connectivity index (χ3v) is 4.35. The van der Waals surface area contributed by atoms with E-state index in [0.29, 0.717) is 6.61 Å². The molecule has 0 unspecified atom stereocenters. The Labute approximate surface area is 137 Å². The molecule has 1 N–H and O–H groups in total. The Kier molecular flexibility index (Phi) is 4.69. The topological polar surface area (TPSA) is 38.7 Å². The monoisotopic (exact) mass is 312 g/mol. The highest BCUT2D eigenvalue weighted by molar-refractivity contribution is 5.34. The molecule has 1 saturated heterocycles. The Morgan fingerprint density at radius 2 is 1.83 bits per heavy atom. The molecular formula is C20H24O3. The minimum atomic E-state index is -0.266. The summed E-state index contributed by atoms with van der Waals surface area (Å²) in [6.07, 6.45) is 1.62. The maximum atomic E-state index is 10.2. The second-order valence-electron chi connectivity index (χ2n) is 6.73. The van der Waals surface area contributed by atoms with Crippen molar-refractivity contribution in [2.45, 2.75) is 51.1 Å². The summed E-state index contributed by atoms with van der Waals surface area (Å²) in [7, 11) is 0. The van der Waals surface area contributed by atoms with Crippen molar-refractivity contribution in [3.05, 3.63) is 65.7 Å². The van der Waals surface area contributed by atoms with Crippen molar-refractivity contribution >= 4 is 0 Å². The van der Waals surface area contributed by atoms with E-state index in [1.165, 1.54) is 0 Å². The zero-order chi connectivity index (χ0) is 16.3. The molecule has 0 spiro atoms. The summed E-state index contributed by atoms with van der Waals surface area (Å²) in [6.45, 7) is 4.71. The number of hydrogen-bond donors (Lipinski definition) is 1. The molecule has 2 aromatic carbocycles. The predicted octanol–water partition coefficient (Wildman–Crippen LogP) is 4.61. The van der Waals surface area contributed by atoms with Gasteiger partial charge in [0.1, 0.15) is 11.9 Å². The van der Waals surface area contributed by atoms with E-state index in [1.54, 1.807) is 6.07 Å². The molecule has 23 heavy (non-hydrogen) atoms. The molecule has 3 heteroatoms. The summed E-state index contributed by atoms with van der Waals surface area (Å²) in [5.41, 5.74) is 1.78. The molecule has 2 aromatic rings. The van der Waals surface area contributed by atoms with Crippen molar-refractivity contribution < 1.29 is 14.6 Å². The number of benzene rings is 2. The van der Waals surface area contributed by atoms with E-state index in [2.05, 4.69) is 13.8 Å². The van der Waals surface area contributed by atoms with Crippen molar-refractivity contribution in [3.63, 3.8) is 0 Å². The van der Waals surface area contributed by atoms with Crippen LogP contribution in [0.1, 0.15) is 43.9 Å². The van der Waals surface area contributed by atoms with E-state index >= 15 is 0 Å². The van der Waals surface area contributed by atoms with E-state index in [0.717, 1.165) is 24.0 Å². The zero-order valence-electron chi connectivity index (χ0n) is 13.7. The van der Waals surface area contributed by atoms with Gasteiger partial charge in [0.05, 0.1) is 18.3 Å². The van der Waals surface area contributed by atoms with Gasteiger partial charge in [-0.1, -0.05) is 48.5 Å². The van der Waals surface area contributed by atoms with Gasteiger partial charge in [0, 0.05) is 5.56 Å². The number of rotatable bonds is 5. The highest BCUT2D eigenvalue weighted by atomic mass is 16.6. The summed E-state index contributed by atoms with van der Waals surface area (Å²) in [5.74, 6) is 0.263. The van der Waals surface area contributed by atoms with Crippen LogP contribution in [0.2, 0.25) is 0 Å². The number of phenols is 1. The smallest absolute Gasteiger partial charge is 0.121 e. The van der Waals surface area contributed by atoms with Gasteiger partial charge in [0.2, 0.25) is 0 Å². The lowest BCUT2D eigenvalue weighted by atomic mass is 9.99. The molecule has 0 saturated carbocycles. The summed E-state index contributed by atoms with van der Waals surface area (Å²) < 4.78 is 12.4. The Hall–Kier alpha value is -1.84. The van der Waals surface area contributed by atoms with E-state index in [1.807, 2.05) is 48.5 Å². The summed E-state index contributed by atoms with van der Waals surface area (Å²) >= 11 is 0. The minimum absolute atomic E-state index is 0.0398. The lowest BCUT2D eigenvalue weighted by molar-refractivity contribution is -0.102. The van der Waals surface area contributed by atoms with Crippen LogP contribution in [0.5, 0.6) is 5.75 Å². The molecule has 122 valence electrons. The Morgan fingerprint density at radius 1 is 1.13 bits per heavy atom. The highest BCUT2D eigenvalue weighted by Gasteiger charge is 2.38. The second-order valence-corrected chi connectivity index (χ2v) is 6.73. The van der Waals surface area contributed by atoms with E-state index in [9.17, 15) is 5.11 Å². The molecule has 0 bridgehead atoms. The van der Waals surface area contributed by atoms with Gasteiger partial charge in [-0.2, -0.15) is 0 Å². The van der Waals surface area contributed by atoms with Gasteiger partial charge in [-0.3, -0.25) is 0 Å². The van der Waals surface area contributed by atoms with Crippen LogP contribution < -0.4 is 0 Å². The lowest BCUT2D eigenvalue weighted by Crippen LogP contribution is -2.26. The van der Waals surface area contributed by atoms with E-state index < -0.39 is 0 Å². The number of hydrogen-bond acceptors (Lipinski definition) is 3. The van der Waals surface area contributed by atoms with Crippen LogP contribution in [0.4, 0.5) is 0 Å². The number of phenolic OH excluding ortho intramolecular Hbond substituents is 1. The summed E-state index contributed by atoms with van der Waals surface area (Å²) in [4.78, 5) is 0. The van der Waals surface area contributed by atoms with Crippen LogP contribution in [0.15, 0.2) is 54.6 Å². The van der Waals surface area contributed by atoms with Crippen molar-refractivity contribution in [2.75, 3.05) is 0 Å². The van der Waals surface area contributed by atoms with Crippen molar-refractivity contribution in [2.24, 2.45) is 0 Å². The van der Waals surface area contributed by atoms with Crippen molar-refractivity contribution in [1.82, 2.24) is 0 Å². The average molecular weight is 312 g/mol. The van der Waals surface area contributed by atoms with Crippen LogP contribution in [-0.4, -0.2) is 16.8 Å². The first-order valence-electron chi connectivity index (χ1n) is 8.16. The maximum absolute atomic E-state index is 10.2. The fourth-order valence-corrected chi connectivity index (χ4v) is 3.12. The van der Waals surface area contributed by atoms with Crippen LogP contribution in [0.3, 0.4) is 0 Å². The second kappa shape index (κ2) is 6.73. The van der Waals surface area contributed by atoms with Gasteiger partial charge < -0.3 is 14.6 Å². The Bertz CT molecular complexity index is 636. The number of ether oxygens (including phenoxy) is 2. The quantitative estimate of drug-likeness (QED) is 0.876. The molecule has 0 aliphatic carbocycles.